The number of ketones is 1. The second-order valence-electron chi connectivity index (χ2n) is 5.71. The largest absolute Gasteiger partial charge is 0.493 e. The van der Waals surface area contributed by atoms with Crippen LogP contribution in [-0.4, -0.2) is 56.4 Å². The van der Waals surface area contributed by atoms with Gasteiger partial charge in [-0.05, 0) is 18.2 Å². The van der Waals surface area contributed by atoms with Gasteiger partial charge < -0.3 is 19.7 Å². The van der Waals surface area contributed by atoms with E-state index in [0.717, 1.165) is 0 Å². The molecule has 1 heterocycles. The molecule has 0 aliphatic carbocycles. The molecule has 1 aromatic rings. The minimum atomic E-state index is -0.370. The molecule has 24 heavy (non-hydrogen) atoms. The lowest BCUT2D eigenvalue weighted by Crippen LogP contribution is -2.47. The lowest BCUT2D eigenvalue weighted by molar-refractivity contribution is -0.136. The van der Waals surface area contributed by atoms with E-state index >= 15 is 0 Å². The summed E-state index contributed by atoms with van der Waals surface area (Å²) in [5.41, 5.74) is 0.377. The molecule has 1 atom stereocenters. The fourth-order valence-electron chi connectivity index (χ4n) is 2.59. The van der Waals surface area contributed by atoms with Crippen molar-refractivity contribution in [3.8, 4) is 11.5 Å². The first-order chi connectivity index (χ1) is 11.5. The number of amides is 2. The Morgan fingerprint density at radius 2 is 1.96 bits per heavy atom. The van der Waals surface area contributed by atoms with Crippen LogP contribution in [0.15, 0.2) is 18.2 Å². The summed E-state index contributed by atoms with van der Waals surface area (Å²) in [6, 6.07) is 4.79. The van der Waals surface area contributed by atoms with Crippen LogP contribution in [0.5, 0.6) is 11.5 Å². The quantitative estimate of drug-likeness (QED) is 0.864. The van der Waals surface area contributed by atoms with E-state index in [0.29, 0.717) is 36.6 Å². The number of nitrogens with one attached hydrogen (secondary N) is 1. The SMILES string of the molecule is COc1ccc(C(=O)NCC(=O)N2CCC(=O)[C@@H](C)C2)cc1OC. The Morgan fingerprint density at radius 1 is 1.25 bits per heavy atom. The van der Waals surface area contributed by atoms with Crippen LogP contribution in [0.2, 0.25) is 0 Å². The number of hydrogen-bond donors (Lipinski definition) is 1. The van der Waals surface area contributed by atoms with Crippen LogP contribution >= 0.6 is 0 Å². The summed E-state index contributed by atoms with van der Waals surface area (Å²) in [7, 11) is 3.00. The second-order valence-corrected chi connectivity index (χ2v) is 5.71. The van der Waals surface area contributed by atoms with Crippen molar-refractivity contribution in [1.82, 2.24) is 10.2 Å². The maximum absolute atomic E-state index is 12.2. The minimum Gasteiger partial charge on any atom is -0.493 e. The van der Waals surface area contributed by atoms with Crippen LogP contribution in [0, 0.1) is 5.92 Å². The molecular formula is C17H22N2O5. The molecule has 1 aromatic carbocycles. The summed E-state index contributed by atoms with van der Waals surface area (Å²) in [6.07, 6.45) is 0.372. The highest BCUT2D eigenvalue weighted by Crippen LogP contribution is 2.27. The number of ether oxygens (including phenoxy) is 2. The molecule has 7 nitrogen and oxygen atoms in total. The highest BCUT2D eigenvalue weighted by Gasteiger charge is 2.26. The lowest BCUT2D eigenvalue weighted by Gasteiger charge is -2.30. The maximum Gasteiger partial charge on any atom is 0.251 e. The summed E-state index contributed by atoms with van der Waals surface area (Å²) in [5, 5.41) is 2.60. The third-order valence-corrected chi connectivity index (χ3v) is 4.07. The van der Waals surface area contributed by atoms with E-state index in [1.807, 2.05) is 6.92 Å². The summed E-state index contributed by atoms with van der Waals surface area (Å²) >= 11 is 0. The number of methoxy groups -OCH3 is 2. The Bertz CT molecular complexity index is 644. The fraction of sp³-hybridized carbons (Fsp3) is 0.471. The molecule has 0 bridgehead atoms. The topological polar surface area (TPSA) is 84.9 Å². The van der Waals surface area contributed by atoms with Crippen LogP contribution in [0.4, 0.5) is 0 Å². The molecule has 0 radical (unpaired) electrons. The summed E-state index contributed by atoms with van der Waals surface area (Å²) in [5.74, 6) is 0.434. The van der Waals surface area contributed by atoms with E-state index in [1.54, 1.807) is 23.1 Å². The molecule has 1 N–H and O–H groups in total. The van der Waals surface area contributed by atoms with Crippen molar-refractivity contribution in [2.24, 2.45) is 5.92 Å². The van der Waals surface area contributed by atoms with Gasteiger partial charge in [0, 0.05) is 31.0 Å². The highest BCUT2D eigenvalue weighted by atomic mass is 16.5. The van der Waals surface area contributed by atoms with Crippen LogP contribution in [0.3, 0.4) is 0 Å². The molecule has 0 spiro atoms. The van der Waals surface area contributed by atoms with E-state index in [1.165, 1.54) is 14.2 Å². The number of nitrogens with zero attached hydrogens (tertiary/aromatic N) is 1. The average Bonchev–Trinajstić information content (AvgIpc) is 2.60. The maximum atomic E-state index is 12.2. The van der Waals surface area contributed by atoms with E-state index in [2.05, 4.69) is 5.32 Å². The van der Waals surface area contributed by atoms with E-state index in [4.69, 9.17) is 9.47 Å². The van der Waals surface area contributed by atoms with Gasteiger partial charge in [-0.3, -0.25) is 14.4 Å². The van der Waals surface area contributed by atoms with E-state index in [-0.39, 0.29) is 30.1 Å². The number of benzene rings is 1. The average molecular weight is 334 g/mol. The van der Waals surface area contributed by atoms with Gasteiger partial charge in [-0.1, -0.05) is 6.92 Å². The van der Waals surface area contributed by atoms with E-state index in [9.17, 15) is 14.4 Å². The standard InChI is InChI=1S/C17H22N2O5/c1-11-10-19(7-6-13(11)20)16(21)9-18-17(22)12-4-5-14(23-2)15(8-12)24-3/h4-5,8,11H,6-7,9-10H2,1-3H3,(H,18,22)/t11-/m0/s1. The van der Waals surface area contributed by atoms with Crippen molar-refractivity contribution in [3.05, 3.63) is 23.8 Å². The lowest BCUT2D eigenvalue weighted by atomic mass is 9.98. The first-order valence-corrected chi connectivity index (χ1v) is 7.77. The van der Waals surface area contributed by atoms with Gasteiger partial charge in [-0.2, -0.15) is 0 Å². The summed E-state index contributed by atoms with van der Waals surface area (Å²) in [4.78, 5) is 37.5. The Kier molecular flexibility index (Phi) is 5.78. The van der Waals surface area contributed by atoms with Gasteiger partial charge in [-0.25, -0.2) is 0 Å². The molecule has 0 aromatic heterocycles. The molecule has 2 amide bonds. The highest BCUT2D eigenvalue weighted by molar-refractivity contribution is 5.97. The smallest absolute Gasteiger partial charge is 0.251 e. The van der Waals surface area contributed by atoms with Crippen molar-refractivity contribution in [1.29, 1.82) is 0 Å². The van der Waals surface area contributed by atoms with Crippen molar-refractivity contribution < 1.29 is 23.9 Å². The zero-order valence-corrected chi connectivity index (χ0v) is 14.1. The Morgan fingerprint density at radius 3 is 2.58 bits per heavy atom. The van der Waals surface area contributed by atoms with Crippen LogP contribution in [-0.2, 0) is 9.59 Å². The molecule has 7 heteroatoms. The van der Waals surface area contributed by atoms with Gasteiger partial charge in [0.2, 0.25) is 5.91 Å². The van der Waals surface area contributed by atoms with Crippen molar-refractivity contribution >= 4 is 17.6 Å². The number of Topliss-reactive ketones (excluding diaryl/α,β-unsaturated/α-hetero) is 1. The predicted octanol–water partition coefficient (Wildman–Crippen LogP) is 0.871. The van der Waals surface area contributed by atoms with Gasteiger partial charge in [0.15, 0.2) is 11.5 Å². The number of carbonyl (C=O) groups is 3. The first-order valence-electron chi connectivity index (χ1n) is 7.77. The van der Waals surface area contributed by atoms with Gasteiger partial charge in [-0.15, -0.1) is 0 Å². The first kappa shape index (κ1) is 17.8. The number of likely N-dealkylation sites (tertiary alicyclic amines) is 1. The van der Waals surface area contributed by atoms with Crippen molar-refractivity contribution in [2.75, 3.05) is 33.9 Å². The molecule has 1 saturated heterocycles. The van der Waals surface area contributed by atoms with E-state index < -0.39 is 0 Å². The summed E-state index contributed by atoms with van der Waals surface area (Å²) < 4.78 is 10.3. The number of carbonyl (C=O) groups excluding carboxylic acids is 3. The Labute approximate surface area is 140 Å². The Hall–Kier alpha value is -2.57. The monoisotopic (exact) mass is 334 g/mol. The van der Waals surface area contributed by atoms with Gasteiger partial charge in [0.25, 0.3) is 5.91 Å². The molecule has 1 aliphatic heterocycles. The zero-order valence-electron chi connectivity index (χ0n) is 14.1. The molecule has 2 rings (SSSR count). The van der Waals surface area contributed by atoms with Crippen LogP contribution in [0.1, 0.15) is 23.7 Å². The number of piperidine rings is 1. The van der Waals surface area contributed by atoms with Crippen LogP contribution in [0.25, 0.3) is 0 Å². The van der Waals surface area contributed by atoms with Gasteiger partial charge >= 0.3 is 0 Å². The van der Waals surface area contributed by atoms with Gasteiger partial charge in [0.05, 0.1) is 20.8 Å². The van der Waals surface area contributed by atoms with Crippen molar-refractivity contribution in [2.45, 2.75) is 13.3 Å². The molecule has 1 fully saturated rings. The fourth-order valence-corrected chi connectivity index (χ4v) is 2.59. The third-order valence-electron chi connectivity index (χ3n) is 4.07. The molecule has 0 unspecified atom stereocenters. The third kappa shape index (κ3) is 4.04. The molecular weight excluding hydrogens is 312 g/mol. The zero-order chi connectivity index (χ0) is 17.7. The number of hydrogen-bond acceptors (Lipinski definition) is 5. The molecule has 130 valence electrons. The second kappa shape index (κ2) is 7.81. The number of rotatable bonds is 5. The Balaban J connectivity index is 1.93. The van der Waals surface area contributed by atoms with Gasteiger partial charge in [0.1, 0.15) is 5.78 Å². The minimum absolute atomic E-state index is 0.103. The molecule has 1 aliphatic rings. The molecule has 0 saturated carbocycles. The van der Waals surface area contributed by atoms with Crippen molar-refractivity contribution in [3.63, 3.8) is 0 Å². The predicted molar refractivity (Wildman–Crippen MR) is 87.2 cm³/mol. The summed E-state index contributed by atoms with van der Waals surface area (Å²) in [6.45, 7) is 2.52. The van der Waals surface area contributed by atoms with Crippen LogP contribution < -0.4 is 14.8 Å². The normalized spacial score (nSPS) is 17.4.